The zero-order chi connectivity index (χ0) is 15.9. The van der Waals surface area contributed by atoms with Crippen LogP contribution in [0.1, 0.15) is 15.9 Å². The van der Waals surface area contributed by atoms with E-state index in [9.17, 15) is 4.79 Å². The lowest BCUT2D eigenvalue weighted by molar-refractivity contribution is 0.0601. The van der Waals surface area contributed by atoms with Crippen molar-refractivity contribution in [3.63, 3.8) is 0 Å². The van der Waals surface area contributed by atoms with Crippen molar-refractivity contribution >= 4 is 11.7 Å². The Balaban J connectivity index is 2.02. The molecule has 0 atom stereocenters. The van der Waals surface area contributed by atoms with Crippen LogP contribution < -0.4 is 14.8 Å². The molecule has 0 bridgehead atoms. The van der Waals surface area contributed by atoms with Crippen molar-refractivity contribution in [2.24, 2.45) is 0 Å². The fraction of sp³-hybridized carbons (Fsp3) is 0.235. The van der Waals surface area contributed by atoms with Gasteiger partial charge in [0.05, 0.1) is 26.9 Å². The number of carbonyl (C=O) groups excluding carboxylic acids is 1. The Morgan fingerprint density at radius 3 is 2.23 bits per heavy atom. The lowest BCUT2D eigenvalue weighted by atomic mass is 10.1. The number of carbonyl (C=O) groups is 1. The van der Waals surface area contributed by atoms with Gasteiger partial charge in [0.15, 0.2) is 11.5 Å². The number of esters is 1. The predicted molar refractivity (Wildman–Crippen MR) is 84.7 cm³/mol. The van der Waals surface area contributed by atoms with Crippen LogP contribution in [0, 0.1) is 0 Å². The predicted octanol–water partition coefficient (Wildman–Crippen LogP) is 3.10. The maximum atomic E-state index is 11.4. The summed E-state index contributed by atoms with van der Waals surface area (Å²) in [5.41, 5.74) is 2.51. The van der Waals surface area contributed by atoms with Crippen LogP contribution >= 0.6 is 0 Å². The first-order valence-electron chi connectivity index (χ1n) is 6.81. The van der Waals surface area contributed by atoms with Gasteiger partial charge in [-0.3, -0.25) is 0 Å². The van der Waals surface area contributed by atoms with E-state index in [-0.39, 0.29) is 5.97 Å². The molecule has 2 aromatic carbocycles. The van der Waals surface area contributed by atoms with Crippen molar-refractivity contribution < 1.29 is 19.0 Å². The van der Waals surface area contributed by atoms with Gasteiger partial charge in [-0.05, 0) is 42.0 Å². The molecule has 116 valence electrons. The molecule has 0 saturated heterocycles. The van der Waals surface area contributed by atoms with E-state index in [0.717, 1.165) is 11.3 Å². The van der Waals surface area contributed by atoms with Gasteiger partial charge in [-0.25, -0.2) is 4.79 Å². The molecular formula is C17H19NO4. The van der Waals surface area contributed by atoms with Gasteiger partial charge in [0, 0.05) is 12.2 Å². The van der Waals surface area contributed by atoms with Gasteiger partial charge in [-0.15, -0.1) is 0 Å². The summed E-state index contributed by atoms with van der Waals surface area (Å²) in [6.45, 7) is 0.637. The zero-order valence-corrected chi connectivity index (χ0v) is 12.9. The number of nitrogens with one attached hydrogen (secondary N) is 1. The third-order valence-electron chi connectivity index (χ3n) is 3.25. The molecule has 0 amide bonds. The SMILES string of the molecule is COC(=O)c1ccc(NCc2ccc(OC)c(OC)c2)cc1. The van der Waals surface area contributed by atoms with Crippen molar-refractivity contribution in [2.75, 3.05) is 26.6 Å². The molecule has 5 heteroatoms. The third kappa shape index (κ3) is 3.69. The summed E-state index contributed by atoms with van der Waals surface area (Å²) in [6, 6.07) is 12.9. The standard InChI is InChI=1S/C17H19NO4/c1-20-15-9-4-12(10-16(15)21-2)11-18-14-7-5-13(6-8-14)17(19)22-3/h4-10,18H,11H2,1-3H3. The van der Waals surface area contributed by atoms with E-state index in [1.54, 1.807) is 26.4 Å². The number of benzene rings is 2. The highest BCUT2D eigenvalue weighted by molar-refractivity contribution is 5.89. The lowest BCUT2D eigenvalue weighted by Crippen LogP contribution is -2.03. The molecule has 0 saturated carbocycles. The maximum Gasteiger partial charge on any atom is 0.337 e. The first-order valence-corrected chi connectivity index (χ1v) is 6.81. The Kier molecular flexibility index (Phi) is 5.25. The highest BCUT2D eigenvalue weighted by Crippen LogP contribution is 2.27. The summed E-state index contributed by atoms with van der Waals surface area (Å²) in [5, 5.41) is 3.29. The molecule has 0 aromatic heterocycles. The molecule has 0 aliphatic heterocycles. The van der Waals surface area contributed by atoms with E-state index < -0.39 is 0 Å². The Bertz CT molecular complexity index is 638. The summed E-state index contributed by atoms with van der Waals surface area (Å²) in [5.74, 6) is 1.06. The molecule has 0 aliphatic rings. The van der Waals surface area contributed by atoms with E-state index in [4.69, 9.17) is 9.47 Å². The maximum absolute atomic E-state index is 11.4. The second-order valence-electron chi connectivity index (χ2n) is 4.61. The Hall–Kier alpha value is -2.69. The molecular weight excluding hydrogens is 282 g/mol. The summed E-state index contributed by atoms with van der Waals surface area (Å²) in [7, 11) is 4.59. The summed E-state index contributed by atoms with van der Waals surface area (Å²) in [6.07, 6.45) is 0. The molecule has 0 fully saturated rings. The van der Waals surface area contributed by atoms with Gasteiger partial charge in [-0.2, -0.15) is 0 Å². The number of rotatable bonds is 6. The average Bonchev–Trinajstić information content (AvgIpc) is 2.59. The second-order valence-corrected chi connectivity index (χ2v) is 4.61. The quantitative estimate of drug-likeness (QED) is 0.831. The number of hydrogen-bond acceptors (Lipinski definition) is 5. The Labute approximate surface area is 129 Å². The van der Waals surface area contributed by atoms with E-state index in [0.29, 0.717) is 23.6 Å². The smallest absolute Gasteiger partial charge is 0.337 e. The molecule has 0 unspecified atom stereocenters. The van der Waals surface area contributed by atoms with Crippen molar-refractivity contribution in [3.8, 4) is 11.5 Å². The molecule has 0 aliphatic carbocycles. The fourth-order valence-electron chi connectivity index (χ4n) is 2.04. The van der Waals surface area contributed by atoms with Crippen LogP contribution in [0.5, 0.6) is 11.5 Å². The highest BCUT2D eigenvalue weighted by Gasteiger charge is 2.06. The minimum Gasteiger partial charge on any atom is -0.493 e. The fourth-order valence-corrected chi connectivity index (χ4v) is 2.04. The minimum atomic E-state index is -0.341. The molecule has 2 rings (SSSR count). The van der Waals surface area contributed by atoms with E-state index in [1.165, 1.54) is 7.11 Å². The van der Waals surface area contributed by atoms with Crippen LogP contribution in [0.2, 0.25) is 0 Å². The first kappa shape index (κ1) is 15.7. The van der Waals surface area contributed by atoms with Gasteiger partial charge >= 0.3 is 5.97 Å². The van der Waals surface area contributed by atoms with Crippen LogP contribution in [0.4, 0.5) is 5.69 Å². The second kappa shape index (κ2) is 7.36. The number of ether oxygens (including phenoxy) is 3. The Morgan fingerprint density at radius 1 is 0.955 bits per heavy atom. The lowest BCUT2D eigenvalue weighted by Gasteiger charge is -2.11. The molecule has 0 spiro atoms. The molecule has 0 heterocycles. The van der Waals surface area contributed by atoms with Gasteiger partial charge in [-0.1, -0.05) is 6.07 Å². The first-order chi connectivity index (χ1) is 10.7. The molecule has 22 heavy (non-hydrogen) atoms. The molecule has 1 N–H and O–H groups in total. The van der Waals surface area contributed by atoms with Crippen LogP contribution in [-0.4, -0.2) is 27.3 Å². The Morgan fingerprint density at radius 2 is 1.64 bits per heavy atom. The molecule has 2 aromatic rings. The van der Waals surface area contributed by atoms with Gasteiger partial charge in [0.25, 0.3) is 0 Å². The normalized spacial score (nSPS) is 9.95. The minimum absolute atomic E-state index is 0.341. The number of anilines is 1. The largest absolute Gasteiger partial charge is 0.493 e. The summed E-state index contributed by atoms with van der Waals surface area (Å²) in [4.78, 5) is 11.4. The van der Waals surface area contributed by atoms with Gasteiger partial charge in [0.1, 0.15) is 0 Å². The van der Waals surface area contributed by atoms with Crippen LogP contribution in [0.25, 0.3) is 0 Å². The number of methoxy groups -OCH3 is 3. The summed E-state index contributed by atoms with van der Waals surface area (Å²) >= 11 is 0. The van der Waals surface area contributed by atoms with E-state index >= 15 is 0 Å². The van der Waals surface area contributed by atoms with Crippen molar-refractivity contribution in [1.29, 1.82) is 0 Å². The van der Waals surface area contributed by atoms with Crippen molar-refractivity contribution in [3.05, 3.63) is 53.6 Å². The van der Waals surface area contributed by atoms with E-state index in [2.05, 4.69) is 10.1 Å². The van der Waals surface area contributed by atoms with Crippen molar-refractivity contribution in [2.45, 2.75) is 6.54 Å². The monoisotopic (exact) mass is 301 g/mol. The van der Waals surface area contributed by atoms with Gasteiger partial charge in [0.2, 0.25) is 0 Å². The van der Waals surface area contributed by atoms with Gasteiger partial charge < -0.3 is 19.5 Å². The van der Waals surface area contributed by atoms with Crippen LogP contribution in [-0.2, 0) is 11.3 Å². The summed E-state index contributed by atoms with van der Waals surface area (Å²) < 4.78 is 15.2. The molecule has 0 radical (unpaired) electrons. The van der Waals surface area contributed by atoms with Crippen LogP contribution in [0.15, 0.2) is 42.5 Å². The highest BCUT2D eigenvalue weighted by atomic mass is 16.5. The van der Waals surface area contributed by atoms with E-state index in [1.807, 2.05) is 30.3 Å². The third-order valence-corrected chi connectivity index (χ3v) is 3.25. The number of hydrogen-bond donors (Lipinski definition) is 1. The molecule has 5 nitrogen and oxygen atoms in total. The topological polar surface area (TPSA) is 56.8 Å². The average molecular weight is 301 g/mol. The zero-order valence-electron chi connectivity index (χ0n) is 12.9. The van der Waals surface area contributed by atoms with Crippen molar-refractivity contribution in [1.82, 2.24) is 0 Å². The van der Waals surface area contributed by atoms with Crippen LogP contribution in [0.3, 0.4) is 0 Å².